The van der Waals surface area contributed by atoms with Crippen LogP contribution < -0.4 is 26.1 Å². The molecule has 1 saturated carbocycles. The first-order chi connectivity index (χ1) is 14.4. The minimum absolute atomic E-state index is 0.122. The molecule has 1 aromatic carbocycles. The molecule has 3 N–H and O–H groups in total. The Kier molecular flexibility index (Phi) is 5.44. The van der Waals surface area contributed by atoms with Crippen molar-refractivity contribution in [2.45, 2.75) is 45.2 Å². The zero-order chi connectivity index (χ0) is 21.6. The van der Waals surface area contributed by atoms with Crippen LogP contribution in [-0.2, 0) is 0 Å². The summed E-state index contributed by atoms with van der Waals surface area (Å²) in [5, 5.41) is 3.63. The molecule has 1 saturated heterocycles. The van der Waals surface area contributed by atoms with Gasteiger partial charge in [-0.1, -0.05) is 20.3 Å². The molecule has 8 heteroatoms. The van der Waals surface area contributed by atoms with E-state index in [9.17, 15) is 9.59 Å². The highest BCUT2D eigenvalue weighted by atomic mass is 19.1. The van der Waals surface area contributed by atoms with E-state index in [1.165, 1.54) is 19.4 Å². The van der Waals surface area contributed by atoms with Crippen LogP contribution in [0.5, 0.6) is 5.75 Å². The molecule has 30 heavy (non-hydrogen) atoms. The predicted molar refractivity (Wildman–Crippen MR) is 115 cm³/mol. The smallest absolute Gasteiger partial charge is 0.254 e. The van der Waals surface area contributed by atoms with Gasteiger partial charge in [0.15, 0.2) is 11.6 Å². The highest BCUT2D eigenvalue weighted by Crippen LogP contribution is 2.44. The van der Waals surface area contributed by atoms with Crippen LogP contribution in [0.3, 0.4) is 0 Å². The van der Waals surface area contributed by atoms with Gasteiger partial charge in [-0.05, 0) is 31.4 Å². The van der Waals surface area contributed by atoms with Crippen LogP contribution >= 0.6 is 0 Å². The van der Waals surface area contributed by atoms with E-state index in [1.54, 1.807) is 0 Å². The summed E-state index contributed by atoms with van der Waals surface area (Å²) >= 11 is 0. The number of carbonyl (C=O) groups excluding carboxylic acids is 1. The Balaban J connectivity index is 1.93. The highest BCUT2D eigenvalue weighted by molar-refractivity contribution is 5.99. The Morgan fingerprint density at radius 2 is 2.07 bits per heavy atom. The number of anilines is 1. The van der Waals surface area contributed by atoms with Crippen LogP contribution in [0.4, 0.5) is 10.1 Å². The molecule has 2 heterocycles. The molecule has 4 rings (SSSR count). The van der Waals surface area contributed by atoms with Crippen molar-refractivity contribution in [2.24, 2.45) is 11.7 Å². The van der Waals surface area contributed by atoms with E-state index in [1.807, 2.05) is 9.47 Å². The van der Waals surface area contributed by atoms with Gasteiger partial charge >= 0.3 is 0 Å². The quantitative estimate of drug-likeness (QED) is 0.724. The largest absolute Gasteiger partial charge is 0.492 e. The summed E-state index contributed by atoms with van der Waals surface area (Å²) in [6, 6.07) is 1.65. The Bertz CT molecular complexity index is 1050. The molecule has 1 amide bonds. The highest BCUT2D eigenvalue weighted by Gasteiger charge is 2.36. The topological polar surface area (TPSA) is 89.6 Å². The molecule has 1 aromatic heterocycles. The van der Waals surface area contributed by atoms with Crippen LogP contribution in [0.2, 0.25) is 0 Å². The van der Waals surface area contributed by atoms with Gasteiger partial charge in [0.1, 0.15) is 11.3 Å². The van der Waals surface area contributed by atoms with Gasteiger partial charge in [-0.25, -0.2) is 4.39 Å². The van der Waals surface area contributed by atoms with E-state index < -0.39 is 17.2 Å². The summed E-state index contributed by atoms with van der Waals surface area (Å²) in [5.41, 5.74) is 5.65. The summed E-state index contributed by atoms with van der Waals surface area (Å²) in [4.78, 5) is 26.7. The molecule has 0 bridgehead atoms. The molecule has 2 aromatic rings. The van der Waals surface area contributed by atoms with Gasteiger partial charge in [0, 0.05) is 31.4 Å². The standard InChI is InChI=1S/C22H29FN4O3/c1-4-12-9-26(11-17(12)25-5-2)19-16(23)8-14-18(21(19)30-3)27(13-6-7-13)10-15(20(14)28)22(24)29/h8,10,12-13,17,25H,4-7,9,11H2,1-3H3,(H2,24,29). The first kappa shape index (κ1) is 20.7. The monoisotopic (exact) mass is 416 g/mol. The second-order valence-electron chi connectivity index (χ2n) is 8.25. The maximum Gasteiger partial charge on any atom is 0.254 e. The van der Waals surface area contributed by atoms with E-state index in [0.717, 1.165) is 25.8 Å². The van der Waals surface area contributed by atoms with Crippen molar-refractivity contribution in [3.05, 3.63) is 33.9 Å². The number of carbonyl (C=O) groups is 1. The van der Waals surface area contributed by atoms with Crippen LogP contribution in [0.15, 0.2) is 17.1 Å². The molecule has 2 fully saturated rings. The lowest BCUT2D eigenvalue weighted by atomic mass is 10.0. The number of ether oxygens (including phenoxy) is 1. The van der Waals surface area contributed by atoms with Crippen molar-refractivity contribution in [2.75, 3.05) is 31.6 Å². The van der Waals surface area contributed by atoms with Gasteiger partial charge in [-0.15, -0.1) is 0 Å². The fourth-order valence-corrected chi connectivity index (χ4v) is 4.71. The number of hydrogen-bond acceptors (Lipinski definition) is 5. The number of pyridine rings is 1. The molecular weight excluding hydrogens is 387 g/mol. The summed E-state index contributed by atoms with van der Waals surface area (Å²) in [6.07, 6.45) is 4.35. The number of rotatable bonds is 7. The van der Waals surface area contributed by atoms with Crippen molar-refractivity contribution >= 4 is 22.5 Å². The molecule has 7 nitrogen and oxygen atoms in total. The average Bonchev–Trinajstić information content (AvgIpc) is 3.48. The SMILES string of the molecule is CCNC1CN(c2c(F)cc3c(=O)c(C(N)=O)cn(C4CC4)c3c2OC)CC1CC. The Morgan fingerprint density at radius 3 is 2.63 bits per heavy atom. The molecule has 162 valence electrons. The lowest BCUT2D eigenvalue weighted by Gasteiger charge is -2.25. The first-order valence-electron chi connectivity index (χ1n) is 10.6. The molecular formula is C22H29FN4O3. The minimum Gasteiger partial charge on any atom is -0.492 e. The fraction of sp³-hybridized carbons (Fsp3) is 0.545. The number of likely N-dealkylation sites (N-methyl/N-ethyl adjacent to an activating group) is 1. The average molecular weight is 416 g/mol. The summed E-state index contributed by atoms with van der Waals surface area (Å²) in [5.74, 6) is -0.587. The van der Waals surface area contributed by atoms with Gasteiger partial charge in [0.05, 0.1) is 18.0 Å². The summed E-state index contributed by atoms with van der Waals surface area (Å²) < 4.78 is 23.0. The van der Waals surface area contributed by atoms with Gasteiger partial charge < -0.3 is 25.3 Å². The number of aromatic nitrogens is 1. The number of methoxy groups -OCH3 is 1. The van der Waals surface area contributed by atoms with Crippen LogP contribution in [0.25, 0.3) is 10.9 Å². The molecule has 1 aliphatic heterocycles. The maximum absolute atomic E-state index is 15.4. The number of nitrogens with two attached hydrogens (primary N) is 1. The summed E-state index contributed by atoms with van der Waals surface area (Å²) in [7, 11) is 1.50. The second-order valence-corrected chi connectivity index (χ2v) is 8.25. The van der Waals surface area contributed by atoms with Crippen molar-refractivity contribution in [3.8, 4) is 5.75 Å². The van der Waals surface area contributed by atoms with Crippen molar-refractivity contribution < 1.29 is 13.9 Å². The third-order valence-electron chi connectivity index (χ3n) is 6.36. The maximum atomic E-state index is 15.4. The number of halogens is 1. The Hall–Kier alpha value is -2.61. The van der Waals surface area contributed by atoms with Crippen molar-refractivity contribution in [1.82, 2.24) is 9.88 Å². The van der Waals surface area contributed by atoms with E-state index in [4.69, 9.17) is 10.5 Å². The van der Waals surface area contributed by atoms with E-state index in [-0.39, 0.29) is 23.0 Å². The number of hydrogen-bond donors (Lipinski definition) is 2. The van der Waals surface area contributed by atoms with Crippen LogP contribution in [0, 0.1) is 11.7 Å². The normalized spacial score (nSPS) is 21.4. The van der Waals surface area contributed by atoms with Crippen molar-refractivity contribution in [3.63, 3.8) is 0 Å². The molecule has 2 atom stereocenters. The lowest BCUT2D eigenvalue weighted by Crippen LogP contribution is -2.36. The molecule has 1 aliphatic carbocycles. The Labute approximate surface area is 175 Å². The first-order valence-corrected chi connectivity index (χ1v) is 10.6. The zero-order valence-corrected chi connectivity index (χ0v) is 17.7. The predicted octanol–water partition coefficient (Wildman–Crippen LogP) is 2.41. The van der Waals surface area contributed by atoms with Gasteiger partial charge in [0.25, 0.3) is 5.91 Å². The third kappa shape index (κ3) is 3.33. The molecule has 0 spiro atoms. The van der Waals surface area contributed by atoms with E-state index in [2.05, 4.69) is 19.2 Å². The zero-order valence-electron chi connectivity index (χ0n) is 17.7. The number of benzene rings is 1. The number of fused-ring (bicyclic) bond motifs is 1. The van der Waals surface area contributed by atoms with Gasteiger partial charge in [-0.2, -0.15) is 0 Å². The number of nitrogens with one attached hydrogen (secondary N) is 1. The minimum atomic E-state index is -0.807. The fourth-order valence-electron chi connectivity index (χ4n) is 4.71. The molecule has 2 aliphatic rings. The number of amides is 1. The van der Waals surface area contributed by atoms with Crippen LogP contribution in [0.1, 0.15) is 49.5 Å². The van der Waals surface area contributed by atoms with E-state index in [0.29, 0.717) is 36.0 Å². The van der Waals surface area contributed by atoms with Crippen LogP contribution in [-0.4, -0.2) is 43.3 Å². The molecule has 2 unspecified atom stereocenters. The van der Waals surface area contributed by atoms with E-state index >= 15 is 4.39 Å². The molecule has 0 radical (unpaired) electrons. The Morgan fingerprint density at radius 1 is 1.33 bits per heavy atom. The third-order valence-corrected chi connectivity index (χ3v) is 6.36. The number of nitrogens with zero attached hydrogens (tertiary/aromatic N) is 2. The van der Waals surface area contributed by atoms with Gasteiger partial charge in [-0.3, -0.25) is 9.59 Å². The van der Waals surface area contributed by atoms with Gasteiger partial charge in [0.2, 0.25) is 5.43 Å². The van der Waals surface area contributed by atoms with Crippen molar-refractivity contribution in [1.29, 1.82) is 0 Å². The lowest BCUT2D eigenvalue weighted by molar-refractivity contribution is 0.0998. The summed E-state index contributed by atoms with van der Waals surface area (Å²) in [6.45, 7) is 6.43. The second kappa shape index (κ2) is 7.91. The number of primary amides is 1.